The molecule has 4 heteroatoms. The highest BCUT2D eigenvalue weighted by molar-refractivity contribution is 5.99. The van der Waals surface area contributed by atoms with Crippen molar-refractivity contribution in [3.63, 3.8) is 0 Å². The highest BCUT2D eigenvalue weighted by Gasteiger charge is 2.13. The summed E-state index contributed by atoms with van der Waals surface area (Å²) in [5.41, 5.74) is 3.37. The van der Waals surface area contributed by atoms with Crippen molar-refractivity contribution < 1.29 is 9.59 Å². The van der Waals surface area contributed by atoms with Crippen LogP contribution < -0.4 is 10.6 Å². The van der Waals surface area contributed by atoms with Crippen molar-refractivity contribution >= 4 is 23.1 Å². The molecule has 0 fully saturated rings. The second-order valence-corrected chi connectivity index (χ2v) is 5.54. The van der Waals surface area contributed by atoms with Crippen LogP contribution >= 0.6 is 0 Å². The first-order valence-corrected chi connectivity index (χ1v) is 7.77. The fraction of sp³-hybridized carbons (Fsp3) is 0.263. The average Bonchev–Trinajstić information content (AvgIpc) is 2.55. The molecule has 0 saturated heterocycles. The molecule has 0 heterocycles. The maximum Gasteiger partial charge on any atom is 0.246 e. The number of carbonyl (C=O) groups is 2. The van der Waals surface area contributed by atoms with Crippen LogP contribution in [-0.4, -0.2) is 17.7 Å². The zero-order valence-electron chi connectivity index (χ0n) is 13.7. The summed E-state index contributed by atoms with van der Waals surface area (Å²) in [5.74, 6) is -0.173. The van der Waals surface area contributed by atoms with E-state index >= 15 is 0 Å². The predicted octanol–water partition coefficient (Wildman–Crippen LogP) is 3.89. The van der Waals surface area contributed by atoms with E-state index in [-0.39, 0.29) is 17.7 Å². The van der Waals surface area contributed by atoms with Crippen LogP contribution in [0.25, 0.3) is 0 Å². The zero-order chi connectivity index (χ0) is 16.8. The lowest BCUT2D eigenvalue weighted by Gasteiger charge is -2.16. The molecule has 120 valence electrons. The minimum Gasteiger partial charge on any atom is -0.374 e. The van der Waals surface area contributed by atoms with Gasteiger partial charge in [0, 0.05) is 16.9 Å². The molecule has 23 heavy (non-hydrogen) atoms. The Hall–Kier alpha value is -2.62. The van der Waals surface area contributed by atoms with Crippen molar-refractivity contribution in [2.24, 2.45) is 0 Å². The van der Waals surface area contributed by atoms with E-state index in [2.05, 4.69) is 17.6 Å². The zero-order valence-corrected chi connectivity index (χ0v) is 13.7. The van der Waals surface area contributed by atoms with E-state index in [9.17, 15) is 9.59 Å². The van der Waals surface area contributed by atoms with Gasteiger partial charge < -0.3 is 10.6 Å². The van der Waals surface area contributed by atoms with Crippen LogP contribution in [0.2, 0.25) is 0 Å². The minimum absolute atomic E-state index is 0.0247. The van der Waals surface area contributed by atoms with Crippen LogP contribution in [0.1, 0.15) is 36.7 Å². The highest BCUT2D eigenvalue weighted by atomic mass is 16.2. The van der Waals surface area contributed by atoms with Crippen LogP contribution in [0.3, 0.4) is 0 Å². The van der Waals surface area contributed by atoms with Crippen LogP contribution in [0.4, 0.5) is 11.4 Å². The van der Waals surface area contributed by atoms with Gasteiger partial charge in [0.05, 0.1) is 0 Å². The maximum atomic E-state index is 12.3. The van der Waals surface area contributed by atoms with Gasteiger partial charge in [-0.3, -0.25) is 9.59 Å². The van der Waals surface area contributed by atoms with E-state index in [0.29, 0.717) is 11.3 Å². The molecule has 0 aromatic heterocycles. The number of hydrogen-bond donors (Lipinski definition) is 2. The summed E-state index contributed by atoms with van der Waals surface area (Å²) >= 11 is 0. The van der Waals surface area contributed by atoms with Gasteiger partial charge in [0.25, 0.3) is 0 Å². The van der Waals surface area contributed by atoms with E-state index in [1.807, 2.05) is 24.3 Å². The lowest BCUT2D eigenvalue weighted by atomic mass is 10.1. The molecule has 0 aliphatic heterocycles. The molecule has 2 aromatic carbocycles. The SMILES string of the molecule is CCc1ccc(NC(C)C(=O)Nc2cccc(C(C)=O)c2)cc1. The molecule has 0 aliphatic carbocycles. The molecule has 2 rings (SSSR count). The van der Waals surface area contributed by atoms with Gasteiger partial charge in [0.15, 0.2) is 5.78 Å². The number of nitrogens with one attached hydrogen (secondary N) is 2. The van der Waals surface area contributed by atoms with E-state index in [1.165, 1.54) is 12.5 Å². The standard InChI is InChI=1S/C19H22N2O2/c1-4-15-8-10-17(11-9-15)20-13(2)19(23)21-18-7-5-6-16(12-18)14(3)22/h5-13,20H,4H2,1-3H3,(H,21,23). The summed E-state index contributed by atoms with van der Waals surface area (Å²) in [6, 6.07) is 14.6. The first kappa shape index (κ1) is 16.7. The fourth-order valence-electron chi connectivity index (χ4n) is 2.22. The van der Waals surface area contributed by atoms with Crippen molar-refractivity contribution in [2.75, 3.05) is 10.6 Å². The molecule has 0 saturated carbocycles. The molecule has 2 N–H and O–H groups in total. The van der Waals surface area contributed by atoms with Crippen molar-refractivity contribution in [3.8, 4) is 0 Å². The van der Waals surface area contributed by atoms with Crippen LogP contribution in [0, 0.1) is 0 Å². The summed E-state index contributed by atoms with van der Waals surface area (Å²) in [7, 11) is 0. The predicted molar refractivity (Wildman–Crippen MR) is 94.0 cm³/mol. The average molecular weight is 310 g/mol. The molecule has 0 bridgehead atoms. The number of hydrogen-bond acceptors (Lipinski definition) is 3. The summed E-state index contributed by atoms with van der Waals surface area (Å²) in [4.78, 5) is 23.6. The molecule has 2 aromatic rings. The van der Waals surface area contributed by atoms with Gasteiger partial charge in [-0.15, -0.1) is 0 Å². The summed E-state index contributed by atoms with van der Waals surface area (Å²) in [5, 5.41) is 6.00. The number of aryl methyl sites for hydroxylation is 1. The first-order valence-electron chi connectivity index (χ1n) is 7.77. The van der Waals surface area contributed by atoms with Gasteiger partial charge in [-0.25, -0.2) is 0 Å². The number of carbonyl (C=O) groups excluding carboxylic acids is 2. The van der Waals surface area contributed by atoms with Crippen molar-refractivity contribution in [1.82, 2.24) is 0 Å². The molecule has 0 spiro atoms. The second kappa shape index (κ2) is 7.58. The molecule has 4 nitrogen and oxygen atoms in total. The van der Waals surface area contributed by atoms with Crippen molar-refractivity contribution in [2.45, 2.75) is 33.2 Å². The van der Waals surface area contributed by atoms with Gasteiger partial charge in [-0.2, -0.15) is 0 Å². The molecular weight excluding hydrogens is 288 g/mol. The van der Waals surface area contributed by atoms with Gasteiger partial charge in [0.2, 0.25) is 5.91 Å². The highest BCUT2D eigenvalue weighted by Crippen LogP contribution is 2.14. The van der Waals surface area contributed by atoms with E-state index in [1.54, 1.807) is 31.2 Å². The number of rotatable bonds is 6. The monoisotopic (exact) mass is 310 g/mol. The lowest BCUT2D eigenvalue weighted by Crippen LogP contribution is -2.31. The Kier molecular flexibility index (Phi) is 5.52. The Morgan fingerprint density at radius 3 is 2.35 bits per heavy atom. The van der Waals surface area contributed by atoms with E-state index < -0.39 is 0 Å². The Labute approximate surface area is 136 Å². The van der Waals surface area contributed by atoms with Crippen molar-refractivity contribution in [1.29, 1.82) is 0 Å². The van der Waals surface area contributed by atoms with Gasteiger partial charge in [-0.05, 0) is 50.1 Å². The van der Waals surface area contributed by atoms with Crippen LogP contribution in [0.5, 0.6) is 0 Å². The Morgan fingerprint density at radius 1 is 1.04 bits per heavy atom. The fourth-order valence-corrected chi connectivity index (χ4v) is 2.22. The quantitative estimate of drug-likeness (QED) is 0.796. The second-order valence-electron chi connectivity index (χ2n) is 5.54. The van der Waals surface area contributed by atoms with Crippen molar-refractivity contribution in [3.05, 3.63) is 59.7 Å². The van der Waals surface area contributed by atoms with Gasteiger partial charge in [0.1, 0.15) is 6.04 Å². The molecule has 1 amide bonds. The minimum atomic E-state index is -0.386. The summed E-state index contributed by atoms with van der Waals surface area (Å²) in [6.07, 6.45) is 0.989. The number of Topliss-reactive ketones (excluding diaryl/α,β-unsaturated/α-hetero) is 1. The number of benzene rings is 2. The topological polar surface area (TPSA) is 58.2 Å². The number of ketones is 1. The third-order valence-electron chi connectivity index (χ3n) is 3.68. The van der Waals surface area contributed by atoms with Crippen LogP contribution in [-0.2, 0) is 11.2 Å². The molecule has 0 aliphatic rings. The van der Waals surface area contributed by atoms with E-state index in [0.717, 1.165) is 12.1 Å². The Bertz CT molecular complexity index is 693. The Morgan fingerprint density at radius 2 is 1.74 bits per heavy atom. The van der Waals surface area contributed by atoms with E-state index in [4.69, 9.17) is 0 Å². The Balaban J connectivity index is 1.99. The lowest BCUT2D eigenvalue weighted by molar-refractivity contribution is -0.116. The summed E-state index contributed by atoms with van der Waals surface area (Å²) in [6.45, 7) is 5.41. The largest absolute Gasteiger partial charge is 0.374 e. The number of anilines is 2. The first-order chi connectivity index (χ1) is 11.0. The van der Waals surface area contributed by atoms with Gasteiger partial charge in [-0.1, -0.05) is 31.2 Å². The third kappa shape index (κ3) is 4.68. The summed E-state index contributed by atoms with van der Waals surface area (Å²) < 4.78 is 0. The molecule has 1 unspecified atom stereocenters. The normalized spacial score (nSPS) is 11.6. The molecule has 1 atom stereocenters. The molecule has 0 radical (unpaired) electrons. The van der Waals surface area contributed by atoms with Gasteiger partial charge >= 0.3 is 0 Å². The smallest absolute Gasteiger partial charge is 0.246 e. The number of amides is 1. The third-order valence-corrected chi connectivity index (χ3v) is 3.68. The van der Waals surface area contributed by atoms with Crippen LogP contribution in [0.15, 0.2) is 48.5 Å². The maximum absolute atomic E-state index is 12.3. The molecular formula is C19H22N2O2.